The Morgan fingerprint density at radius 3 is 2.89 bits per heavy atom. The van der Waals surface area contributed by atoms with Gasteiger partial charge in [0.2, 0.25) is 5.88 Å². The first-order valence-electron chi connectivity index (χ1n) is 6.57. The number of nitrogens with zero attached hydrogens (tertiary/aromatic N) is 1. The van der Waals surface area contributed by atoms with Crippen LogP contribution in [0.25, 0.3) is 0 Å². The number of rotatable bonds is 3. The van der Waals surface area contributed by atoms with Gasteiger partial charge in [-0.3, -0.25) is 0 Å². The summed E-state index contributed by atoms with van der Waals surface area (Å²) in [5, 5.41) is 3.49. The third-order valence-electron chi connectivity index (χ3n) is 3.64. The molecule has 1 aromatic heterocycles. The Bertz CT molecular complexity index is 418. The highest BCUT2D eigenvalue weighted by atomic mass is 16.5. The molecule has 0 spiro atoms. The van der Waals surface area contributed by atoms with Gasteiger partial charge in [0.25, 0.3) is 0 Å². The van der Waals surface area contributed by atoms with Gasteiger partial charge >= 0.3 is 0 Å². The van der Waals surface area contributed by atoms with Gasteiger partial charge in [0.1, 0.15) is 5.82 Å². The molecule has 4 nitrogen and oxygen atoms in total. The van der Waals surface area contributed by atoms with Gasteiger partial charge in [0.05, 0.1) is 12.8 Å². The standard InChI is InChI=1S/C14H23N3O/c1-14(2)8-4-5-10(9-14)16-12-7-6-11(15)13(17-12)18-3/h6-7,10H,4-5,8-9,15H2,1-3H3,(H,16,17). The number of nitrogen functional groups attached to an aromatic ring is 1. The summed E-state index contributed by atoms with van der Waals surface area (Å²) in [6, 6.07) is 4.25. The van der Waals surface area contributed by atoms with Crippen molar-refractivity contribution >= 4 is 11.5 Å². The molecule has 1 aliphatic rings. The number of hydrogen-bond acceptors (Lipinski definition) is 4. The van der Waals surface area contributed by atoms with Crippen LogP contribution in [0, 0.1) is 5.41 Å². The summed E-state index contributed by atoms with van der Waals surface area (Å²) in [5.41, 5.74) is 6.76. The average Bonchev–Trinajstić information content (AvgIpc) is 2.30. The summed E-state index contributed by atoms with van der Waals surface area (Å²) in [6.07, 6.45) is 4.97. The van der Waals surface area contributed by atoms with Crippen LogP contribution in [-0.2, 0) is 0 Å². The van der Waals surface area contributed by atoms with E-state index in [0.717, 1.165) is 5.82 Å². The third-order valence-corrected chi connectivity index (χ3v) is 3.64. The molecule has 0 amide bonds. The summed E-state index contributed by atoms with van der Waals surface area (Å²) in [6.45, 7) is 4.66. The molecule has 1 unspecified atom stereocenters. The first-order chi connectivity index (χ1) is 8.50. The molecule has 4 heteroatoms. The van der Waals surface area contributed by atoms with Crippen molar-refractivity contribution in [2.45, 2.75) is 45.6 Å². The number of anilines is 2. The van der Waals surface area contributed by atoms with Crippen LogP contribution < -0.4 is 15.8 Å². The zero-order valence-electron chi connectivity index (χ0n) is 11.5. The first-order valence-corrected chi connectivity index (χ1v) is 6.57. The summed E-state index contributed by atoms with van der Waals surface area (Å²) < 4.78 is 5.14. The van der Waals surface area contributed by atoms with Gasteiger partial charge in [-0.25, -0.2) is 0 Å². The van der Waals surface area contributed by atoms with Crippen molar-refractivity contribution in [2.24, 2.45) is 5.41 Å². The molecule has 1 fully saturated rings. The zero-order chi connectivity index (χ0) is 13.2. The molecule has 1 aliphatic carbocycles. The Morgan fingerprint density at radius 2 is 2.22 bits per heavy atom. The Hall–Kier alpha value is -1.45. The van der Waals surface area contributed by atoms with Crippen LogP contribution in [0.3, 0.4) is 0 Å². The number of hydrogen-bond donors (Lipinski definition) is 2. The van der Waals surface area contributed by atoms with Crippen molar-refractivity contribution in [2.75, 3.05) is 18.2 Å². The Kier molecular flexibility index (Phi) is 3.64. The van der Waals surface area contributed by atoms with E-state index in [1.54, 1.807) is 7.11 Å². The van der Waals surface area contributed by atoms with E-state index in [9.17, 15) is 0 Å². The lowest BCUT2D eigenvalue weighted by Crippen LogP contribution is -2.32. The van der Waals surface area contributed by atoms with Crippen molar-refractivity contribution in [3.63, 3.8) is 0 Å². The van der Waals surface area contributed by atoms with Crippen LogP contribution in [0.2, 0.25) is 0 Å². The quantitative estimate of drug-likeness (QED) is 0.864. The Morgan fingerprint density at radius 1 is 1.44 bits per heavy atom. The van der Waals surface area contributed by atoms with Crippen molar-refractivity contribution in [1.82, 2.24) is 4.98 Å². The van der Waals surface area contributed by atoms with Gasteiger partial charge in [-0.2, -0.15) is 4.98 Å². The van der Waals surface area contributed by atoms with Crippen molar-refractivity contribution in [3.05, 3.63) is 12.1 Å². The highest BCUT2D eigenvalue weighted by Crippen LogP contribution is 2.36. The number of nitrogens with one attached hydrogen (secondary N) is 1. The molecule has 100 valence electrons. The van der Waals surface area contributed by atoms with Crippen molar-refractivity contribution in [3.8, 4) is 5.88 Å². The van der Waals surface area contributed by atoms with Gasteiger partial charge < -0.3 is 15.8 Å². The maximum absolute atomic E-state index is 5.76. The minimum Gasteiger partial charge on any atom is -0.479 e. The second kappa shape index (κ2) is 5.04. The summed E-state index contributed by atoms with van der Waals surface area (Å²) in [5.74, 6) is 1.35. The number of pyridine rings is 1. The zero-order valence-corrected chi connectivity index (χ0v) is 11.5. The molecule has 0 bridgehead atoms. The highest BCUT2D eigenvalue weighted by Gasteiger charge is 2.28. The average molecular weight is 249 g/mol. The molecule has 0 radical (unpaired) electrons. The monoisotopic (exact) mass is 249 g/mol. The maximum atomic E-state index is 5.76. The molecule has 1 heterocycles. The Labute approximate surface area is 109 Å². The number of ether oxygens (including phenoxy) is 1. The molecule has 3 N–H and O–H groups in total. The van der Waals surface area contributed by atoms with Gasteiger partial charge in [-0.15, -0.1) is 0 Å². The molecular weight excluding hydrogens is 226 g/mol. The van der Waals surface area contributed by atoms with E-state index < -0.39 is 0 Å². The fourth-order valence-corrected chi connectivity index (χ4v) is 2.73. The minimum absolute atomic E-state index is 0.424. The van der Waals surface area contributed by atoms with Gasteiger partial charge in [-0.1, -0.05) is 20.3 Å². The van der Waals surface area contributed by atoms with Crippen LogP contribution in [0.15, 0.2) is 12.1 Å². The van der Waals surface area contributed by atoms with Crippen molar-refractivity contribution in [1.29, 1.82) is 0 Å². The summed E-state index contributed by atoms with van der Waals surface area (Å²) in [7, 11) is 1.59. The predicted molar refractivity (Wildman–Crippen MR) is 74.9 cm³/mol. The molecule has 0 saturated heterocycles. The molecule has 1 atom stereocenters. The van der Waals surface area contributed by atoms with Crippen LogP contribution in [0.5, 0.6) is 5.88 Å². The first kappa shape index (κ1) is 13.0. The number of nitrogens with two attached hydrogens (primary N) is 1. The van der Waals surface area contributed by atoms with Crippen LogP contribution in [0.1, 0.15) is 39.5 Å². The van der Waals surface area contributed by atoms with Gasteiger partial charge in [0, 0.05) is 6.04 Å². The SMILES string of the molecule is COc1nc(NC2CCCC(C)(C)C2)ccc1N. The number of methoxy groups -OCH3 is 1. The summed E-state index contributed by atoms with van der Waals surface area (Å²) >= 11 is 0. The van der Waals surface area contributed by atoms with E-state index in [1.807, 2.05) is 12.1 Å². The third kappa shape index (κ3) is 3.06. The fraction of sp³-hybridized carbons (Fsp3) is 0.643. The van der Waals surface area contributed by atoms with E-state index in [4.69, 9.17) is 10.5 Å². The van der Waals surface area contributed by atoms with E-state index in [2.05, 4.69) is 24.1 Å². The maximum Gasteiger partial charge on any atom is 0.238 e. The van der Waals surface area contributed by atoms with E-state index in [1.165, 1.54) is 25.7 Å². The van der Waals surface area contributed by atoms with Crippen molar-refractivity contribution < 1.29 is 4.74 Å². The molecule has 2 rings (SSSR count). The van der Waals surface area contributed by atoms with E-state index in [0.29, 0.717) is 23.0 Å². The molecule has 1 saturated carbocycles. The molecule has 0 aromatic carbocycles. The van der Waals surface area contributed by atoms with Gasteiger partial charge in [-0.05, 0) is 36.8 Å². The lowest BCUT2D eigenvalue weighted by atomic mass is 9.75. The van der Waals surface area contributed by atoms with Crippen LogP contribution >= 0.6 is 0 Å². The normalized spacial score (nSPS) is 22.5. The number of aromatic nitrogens is 1. The second-order valence-corrected chi connectivity index (χ2v) is 5.90. The molecule has 0 aliphatic heterocycles. The summed E-state index contributed by atoms with van der Waals surface area (Å²) in [4.78, 5) is 4.37. The molecule has 18 heavy (non-hydrogen) atoms. The largest absolute Gasteiger partial charge is 0.479 e. The topological polar surface area (TPSA) is 60.2 Å². The molecule has 1 aromatic rings. The Balaban J connectivity index is 2.05. The smallest absolute Gasteiger partial charge is 0.238 e. The van der Waals surface area contributed by atoms with Gasteiger partial charge in [0.15, 0.2) is 0 Å². The minimum atomic E-state index is 0.424. The van der Waals surface area contributed by atoms with Crippen LogP contribution in [0.4, 0.5) is 11.5 Å². The highest BCUT2D eigenvalue weighted by molar-refractivity contribution is 5.53. The lowest BCUT2D eigenvalue weighted by Gasteiger charge is -2.35. The van der Waals surface area contributed by atoms with E-state index >= 15 is 0 Å². The molecular formula is C14H23N3O. The fourth-order valence-electron chi connectivity index (χ4n) is 2.73. The predicted octanol–water partition coefficient (Wildman–Crippen LogP) is 3.05. The lowest BCUT2D eigenvalue weighted by molar-refractivity contribution is 0.229. The van der Waals surface area contributed by atoms with E-state index in [-0.39, 0.29) is 0 Å². The van der Waals surface area contributed by atoms with Crippen LogP contribution in [-0.4, -0.2) is 18.1 Å². The second-order valence-electron chi connectivity index (χ2n) is 5.90.